The molecule has 0 unspecified atom stereocenters. The molecule has 0 saturated heterocycles. The predicted molar refractivity (Wildman–Crippen MR) is 168 cm³/mol. The minimum atomic E-state index is -1.28. The molecule has 3 aromatic carbocycles. The van der Waals surface area contributed by atoms with E-state index in [0.717, 1.165) is 45.4 Å². The molecular formula is C36H41NO8. The van der Waals surface area contributed by atoms with E-state index in [4.69, 9.17) is 19.3 Å². The summed E-state index contributed by atoms with van der Waals surface area (Å²) in [5, 5.41) is 22.9. The fourth-order valence-electron chi connectivity index (χ4n) is 8.32. The van der Waals surface area contributed by atoms with Gasteiger partial charge < -0.3 is 29.7 Å². The van der Waals surface area contributed by atoms with Gasteiger partial charge in [-0.05, 0) is 120 Å². The van der Waals surface area contributed by atoms with Crippen molar-refractivity contribution in [2.24, 2.45) is 17.8 Å². The second-order valence-electron chi connectivity index (χ2n) is 13.1. The minimum absolute atomic E-state index is 0.133. The molecule has 4 aliphatic rings. The maximum atomic E-state index is 12.7. The third-order valence-electron chi connectivity index (χ3n) is 10.0. The zero-order valence-electron chi connectivity index (χ0n) is 25.6. The largest absolute Gasteiger partial charge is 0.481 e. The summed E-state index contributed by atoms with van der Waals surface area (Å²) in [7, 11) is 1.65. The van der Waals surface area contributed by atoms with Gasteiger partial charge in [-0.15, -0.1) is 0 Å². The Labute approximate surface area is 262 Å². The third kappa shape index (κ3) is 6.84. The van der Waals surface area contributed by atoms with Crippen LogP contribution in [0.5, 0.6) is 5.75 Å². The van der Waals surface area contributed by atoms with Crippen LogP contribution in [0, 0.1) is 17.8 Å². The number of carbonyl (C=O) groups is 3. The Morgan fingerprint density at radius 1 is 0.867 bits per heavy atom. The normalized spacial score (nSPS) is 24.0. The lowest BCUT2D eigenvalue weighted by Crippen LogP contribution is -2.48. The summed E-state index contributed by atoms with van der Waals surface area (Å²) in [5.74, 6) is 0.353. The van der Waals surface area contributed by atoms with Gasteiger partial charge >= 0.3 is 11.9 Å². The van der Waals surface area contributed by atoms with Crippen LogP contribution in [0.3, 0.4) is 0 Å². The molecule has 4 fully saturated rings. The van der Waals surface area contributed by atoms with Crippen molar-refractivity contribution in [3.63, 3.8) is 0 Å². The summed E-state index contributed by atoms with van der Waals surface area (Å²) in [5.41, 5.74) is 3.67. The topological polar surface area (TPSA) is 131 Å². The number of amides is 1. The van der Waals surface area contributed by atoms with Gasteiger partial charge in [-0.3, -0.25) is 9.59 Å². The number of aliphatic carboxylic acids is 2. The highest BCUT2D eigenvalue weighted by Crippen LogP contribution is 2.62. The number of carbonyl (C=O) groups excluding carboxylic acids is 1. The summed E-state index contributed by atoms with van der Waals surface area (Å²) < 4.78 is 17.1. The van der Waals surface area contributed by atoms with Crippen molar-refractivity contribution in [2.75, 3.05) is 27.1 Å². The molecule has 0 radical (unpaired) electrons. The van der Waals surface area contributed by atoms with E-state index in [0.29, 0.717) is 18.8 Å². The molecule has 0 spiro atoms. The smallest absolute Gasteiger partial charge is 0.326 e. The molecule has 7 rings (SSSR count). The van der Waals surface area contributed by atoms with E-state index in [-0.39, 0.29) is 25.0 Å². The second kappa shape index (κ2) is 13.2. The molecule has 1 atom stereocenters. The van der Waals surface area contributed by atoms with Crippen molar-refractivity contribution >= 4 is 28.6 Å². The minimum Gasteiger partial charge on any atom is -0.481 e. The SMILES string of the molecule is COCCOCOc1cc2ccc(-c3ccc(C(=O)N[C@@H](CCC(=O)O)C(=O)O)cc3)cc2cc1C12CC3CC(CC(C3)C1)C2. The van der Waals surface area contributed by atoms with Crippen molar-refractivity contribution in [3.8, 4) is 16.9 Å². The highest BCUT2D eigenvalue weighted by atomic mass is 16.7. The number of ether oxygens (including phenoxy) is 3. The molecule has 1 amide bonds. The standard InChI is InChI=1S/C36H41NO8/c1-43-10-11-44-21-45-32-17-28-7-6-27(15-29(28)16-30(32)36-18-22-12-23(19-36)14-24(13-22)20-36)25-2-4-26(5-3-25)34(40)37-31(35(41)42)8-9-33(38)39/h2-7,15-17,22-24,31H,8-14,18-21H2,1H3,(H,37,40)(H,38,39)(H,41,42)/t22?,23?,24?,31-,36?/m0/s1. The average molecular weight is 616 g/mol. The monoisotopic (exact) mass is 615 g/mol. The zero-order valence-corrected chi connectivity index (χ0v) is 25.6. The Kier molecular flexibility index (Phi) is 9.10. The predicted octanol–water partition coefficient (Wildman–Crippen LogP) is 6.02. The first-order chi connectivity index (χ1) is 21.7. The van der Waals surface area contributed by atoms with E-state index >= 15 is 0 Å². The van der Waals surface area contributed by atoms with Crippen LogP contribution in [0.25, 0.3) is 21.9 Å². The lowest BCUT2D eigenvalue weighted by Gasteiger charge is -2.57. The van der Waals surface area contributed by atoms with E-state index in [2.05, 4.69) is 29.6 Å². The first-order valence-corrected chi connectivity index (χ1v) is 15.9. The fourth-order valence-corrected chi connectivity index (χ4v) is 8.32. The molecule has 0 aromatic heterocycles. The Morgan fingerprint density at radius 2 is 1.53 bits per heavy atom. The van der Waals surface area contributed by atoms with Crippen LogP contribution in [-0.4, -0.2) is 61.2 Å². The summed E-state index contributed by atoms with van der Waals surface area (Å²) >= 11 is 0. The van der Waals surface area contributed by atoms with Crippen LogP contribution in [0.15, 0.2) is 54.6 Å². The van der Waals surface area contributed by atoms with E-state index in [9.17, 15) is 19.5 Å². The van der Waals surface area contributed by atoms with Crippen molar-refractivity contribution < 1.29 is 38.8 Å². The Bertz CT molecular complexity index is 1530. The van der Waals surface area contributed by atoms with E-state index in [1.165, 1.54) is 44.1 Å². The molecule has 9 nitrogen and oxygen atoms in total. The Balaban J connectivity index is 1.25. The maximum Gasteiger partial charge on any atom is 0.326 e. The van der Waals surface area contributed by atoms with Gasteiger partial charge in [0, 0.05) is 24.7 Å². The molecule has 0 aliphatic heterocycles. The maximum absolute atomic E-state index is 12.7. The second-order valence-corrected chi connectivity index (χ2v) is 13.1. The zero-order chi connectivity index (χ0) is 31.6. The molecule has 238 valence electrons. The van der Waals surface area contributed by atoms with E-state index in [1.54, 1.807) is 19.2 Å². The molecule has 0 heterocycles. The van der Waals surface area contributed by atoms with Gasteiger partial charge in [0.15, 0.2) is 6.79 Å². The summed E-state index contributed by atoms with van der Waals surface area (Å²) in [6.07, 6.45) is 7.19. The number of hydrogen-bond donors (Lipinski definition) is 3. The van der Waals surface area contributed by atoms with E-state index < -0.39 is 23.9 Å². The number of hydrogen-bond acceptors (Lipinski definition) is 6. The van der Waals surface area contributed by atoms with Gasteiger partial charge in [-0.1, -0.05) is 24.3 Å². The van der Waals surface area contributed by atoms with Crippen molar-refractivity contribution in [3.05, 3.63) is 65.7 Å². The Hall–Kier alpha value is -3.95. The molecule has 45 heavy (non-hydrogen) atoms. The lowest BCUT2D eigenvalue weighted by molar-refractivity contribution is -0.140. The molecule has 4 aliphatic carbocycles. The quantitative estimate of drug-likeness (QED) is 0.148. The lowest BCUT2D eigenvalue weighted by atomic mass is 9.48. The van der Waals surface area contributed by atoms with E-state index in [1.807, 2.05) is 18.2 Å². The van der Waals surface area contributed by atoms with Crippen LogP contribution < -0.4 is 10.1 Å². The summed E-state index contributed by atoms with van der Waals surface area (Å²) in [4.78, 5) is 35.1. The number of fused-ring (bicyclic) bond motifs is 1. The van der Waals surface area contributed by atoms with Crippen LogP contribution in [0.2, 0.25) is 0 Å². The average Bonchev–Trinajstić information content (AvgIpc) is 3.01. The number of carboxylic acid groups (broad SMARTS) is 2. The van der Waals surface area contributed by atoms with Gasteiger partial charge in [0.25, 0.3) is 5.91 Å². The highest BCUT2D eigenvalue weighted by molar-refractivity contribution is 5.97. The van der Waals surface area contributed by atoms with Crippen LogP contribution >= 0.6 is 0 Å². The van der Waals surface area contributed by atoms with Gasteiger partial charge in [0.1, 0.15) is 11.8 Å². The molecule has 9 heteroatoms. The van der Waals surface area contributed by atoms with Crippen LogP contribution in [-0.2, 0) is 24.5 Å². The van der Waals surface area contributed by atoms with Crippen molar-refractivity contribution in [1.82, 2.24) is 5.32 Å². The molecular weight excluding hydrogens is 574 g/mol. The Morgan fingerprint density at radius 3 is 2.16 bits per heavy atom. The van der Waals surface area contributed by atoms with Gasteiger partial charge in [-0.2, -0.15) is 0 Å². The number of rotatable bonds is 14. The number of methoxy groups -OCH3 is 1. The summed E-state index contributed by atoms with van der Waals surface area (Å²) in [6.45, 7) is 1.18. The number of nitrogens with one attached hydrogen (secondary N) is 1. The van der Waals surface area contributed by atoms with Gasteiger partial charge in [0.2, 0.25) is 0 Å². The number of benzene rings is 3. The molecule has 4 saturated carbocycles. The number of carboxylic acids is 2. The first kappa shape index (κ1) is 31.0. The third-order valence-corrected chi connectivity index (χ3v) is 10.0. The first-order valence-electron chi connectivity index (χ1n) is 15.9. The van der Waals surface area contributed by atoms with Crippen molar-refractivity contribution in [1.29, 1.82) is 0 Å². The van der Waals surface area contributed by atoms with Crippen LogP contribution in [0.1, 0.15) is 67.3 Å². The van der Waals surface area contributed by atoms with Gasteiger partial charge in [-0.25, -0.2) is 4.79 Å². The van der Waals surface area contributed by atoms with Crippen LogP contribution in [0.4, 0.5) is 0 Å². The molecule has 3 aromatic rings. The molecule has 4 bridgehead atoms. The van der Waals surface area contributed by atoms with Gasteiger partial charge in [0.05, 0.1) is 13.2 Å². The van der Waals surface area contributed by atoms with Crippen molar-refractivity contribution in [2.45, 2.75) is 62.8 Å². The highest BCUT2D eigenvalue weighted by Gasteiger charge is 2.52. The summed E-state index contributed by atoms with van der Waals surface area (Å²) in [6, 6.07) is 16.5. The molecule has 3 N–H and O–H groups in total. The fraction of sp³-hybridized carbons (Fsp3) is 0.472.